The molecule has 2 rings (SSSR count). The molecule has 0 aliphatic heterocycles. The average molecular weight is 470 g/mol. The zero-order valence-electron chi connectivity index (χ0n) is 14.7. The molecule has 0 aromatic heterocycles. The maximum absolute atomic E-state index is 11.9. The van der Waals surface area contributed by atoms with E-state index in [-0.39, 0.29) is 6.04 Å². The Bertz CT molecular complexity index is 757. The van der Waals surface area contributed by atoms with E-state index in [0.717, 1.165) is 20.2 Å². The van der Waals surface area contributed by atoms with Crippen LogP contribution in [-0.4, -0.2) is 11.7 Å². The molecule has 0 fully saturated rings. The number of benzene rings is 2. The molecule has 0 aliphatic carbocycles. The van der Waals surface area contributed by atoms with E-state index in [9.17, 15) is 4.79 Å². The summed E-state index contributed by atoms with van der Waals surface area (Å²) in [7, 11) is 0. The molecule has 0 aliphatic rings. The number of amides is 1. The molecule has 6 heteroatoms. The second kappa shape index (κ2) is 8.23. The minimum atomic E-state index is -0.525. The summed E-state index contributed by atoms with van der Waals surface area (Å²) < 4.78 is 7.34. The number of carbonyl (C=O) groups excluding carboxylic acids is 1. The van der Waals surface area contributed by atoms with Crippen molar-refractivity contribution in [1.29, 1.82) is 0 Å². The second-order valence-corrected chi connectivity index (χ2v) is 8.51. The summed E-state index contributed by atoms with van der Waals surface area (Å²) in [6.45, 7) is 7.59. The van der Waals surface area contributed by atoms with Crippen LogP contribution in [0.15, 0.2) is 51.4 Å². The third kappa shape index (κ3) is 6.36. The molecule has 0 bridgehead atoms. The fraction of sp³-hybridized carbons (Fsp3) is 0.316. The van der Waals surface area contributed by atoms with Gasteiger partial charge in [0.15, 0.2) is 0 Å². The highest BCUT2D eigenvalue weighted by Crippen LogP contribution is 2.29. The van der Waals surface area contributed by atoms with Crippen LogP contribution in [0.4, 0.5) is 16.2 Å². The molecule has 0 saturated carbocycles. The molecule has 2 aromatic rings. The van der Waals surface area contributed by atoms with Crippen molar-refractivity contribution in [2.75, 3.05) is 10.6 Å². The molecule has 0 spiro atoms. The smallest absolute Gasteiger partial charge is 0.412 e. The van der Waals surface area contributed by atoms with Gasteiger partial charge in [-0.2, -0.15) is 0 Å². The molecule has 1 atom stereocenters. The lowest BCUT2D eigenvalue weighted by molar-refractivity contribution is 0.0636. The number of halogens is 2. The van der Waals surface area contributed by atoms with Crippen molar-refractivity contribution in [2.45, 2.75) is 39.3 Å². The van der Waals surface area contributed by atoms with Crippen molar-refractivity contribution in [2.24, 2.45) is 0 Å². The average Bonchev–Trinajstić information content (AvgIpc) is 2.45. The molecule has 4 nitrogen and oxygen atoms in total. The Morgan fingerprint density at radius 2 is 1.76 bits per heavy atom. The highest BCUT2D eigenvalue weighted by molar-refractivity contribution is 9.11. The third-order valence-corrected chi connectivity index (χ3v) is 4.50. The maximum Gasteiger partial charge on any atom is 0.412 e. The second-order valence-electron chi connectivity index (χ2n) is 6.74. The van der Waals surface area contributed by atoms with Crippen LogP contribution in [0.5, 0.6) is 0 Å². The first-order chi connectivity index (χ1) is 11.6. The van der Waals surface area contributed by atoms with E-state index in [4.69, 9.17) is 4.74 Å². The number of nitrogens with one attached hydrogen (secondary N) is 2. The molecule has 1 amide bonds. The largest absolute Gasteiger partial charge is 0.444 e. The first-order valence-corrected chi connectivity index (χ1v) is 9.54. The molecule has 2 N–H and O–H groups in total. The van der Waals surface area contributed by atoms with Gasteiger partial charge in [0.1, 0.15) is 5.60 Å². The number of anilines is 2. The Morgan fingerprint density at radius 1 is 1.08 bits per heavy atom. The molecule has 2 aromatic carbocycles. The molecular weight excluding hydrogens is 448 g/mol. The normalized spacial score (nSPS) is 12.4. The van der Waals surface area contributed by atoms with E-state index in [2.05, 4.69) is 55.5 Å². The van der Waals surface area contributed by atoms with Crippen LogP contribution in [0.25, 0.3) is 0 Å². The first-order valence-electron chi connectivity index (χ1n) is 7.95. The van der Waals surface area contributed by atoms with Gasteiger partial charge in [-0.25, -0.2) is 4.79 Å². The number of hydrogen-bond donors (Lipinski definition) is 2. The summed E-state index contributed by atoms with van der Waals surface area (Å²) in [5.41, 5.74) is 2.22. The van der Waals surface area contributed by atoms with Gasteiger partial charge in [-0.15, -0.1) is 0 Å². The molecule has 25 heavy (non-hydrogen) atoms. The highest BCUT2D eigenvalue weighted by atomic mass is 79.9. The van der Waals surface area contributed by atoms with Gasteiger partial charge in [0.05, 0.1) is 0 Å². The summed E-state index contributed by atoms with van der Waals surface area (Å²) in [4.78, 5) is 11.9. The van der Waals surface area contributed by atoms with Crippen LogP contribution < -0.4 is 10.6 Å². The van der Waals surface area contributed by atoms with Gasteiger partial charge >= 0.3 is 6.09 Å². The zero-order valence-corrected chi connectivity index (χ0v) is 17.9. The Morgan fingerprint density at radius 3 is 2.40 bits per heavy atom. The lowest BCUT2D eigenvalue weighted by Crippen LogP contribution is -2.27. The number of carbonyl (C=O) groups is 1. The van der Waals surface area contributed by atoms with Gasteiger partial charge in [-0.3, -0.25) is 5.32 Å². The Hall–Kier alpha value is -1.53. The molecular formula is C19H22Br2N2O2. The highest BCUT2D eigenvalue weighted by Gasteiger charge is 2.16. The van der Waals surface area contributed by atoms with Crippen LogP contribution in [0.1, 0.15) is 39.3 Å². The van der Waals surface area contributed by atoms with Crippen LogP contribution in [0.2, 0.25) is 0 Å². The van der Waals surface area contributed by atoms with Crippen molar-refractivity contribution in [3.8, 4) is 0 Å². The van der Waals surface area contributed by atoms with Crippen LogP contribution in [0, 0.1) is 0 Å². The predicted molar refractivity (Wildman–Crippen MR) is 110 cm³/mol. The van der Waals surface area contributed by atoms with E-state index >= 15 is 0 Å². The van der Waals surface area contributed by atoms with Gasteiger partial charge in [-0.1, -0.05) is 44.0 Å². The summed E-state index contributed by atoms with van der Waals surface area (Å²) >= 11 is 7.06. The van der Waals surface area contributed by atoms with E-state index in [1.165, 1.54) is 0 Å². The molecule has 0 radical (unpaired) electrons. The fourth-order valence-corrected chi connectivity index (χ4v) is 3.68. The number of hydrogen-bond acceptors (Lipinski definition) is 3. The number of rotatable bonds is 4. The van der Waals surface area contributed by atoms with Gasteiger partial charge < -0.3 is 10.1 Å². The van der Waals surface area contributed by atoms with E-state index in [0.29, 0.717) is 5.69 Å². The predicted octanol–water partition coefficient (Wildman–Crippen LogP) is 6.73. The minimum Gasteiger partial charge on any atom is -0.444 e. The summed E-state index contributed by atoms with van der Waals surface area (Å²) in [5.74, 6) is 0. The SMILES string of the molecule is CC(Nc1cccc(NC(=O)OC(C)(C)C)c1)c1ccc(Br)cc1Br. The van der Waals surface area contributed by atoms with Crippen LogP contribution in [-0.2, 0) is 4.74 Å². The van der Waals surface area contributed by atoms with Crippen molar-refractivity contribution in [1.82, 2.24) is 0 Å². The maximum atomic E-state index is 11.9. The summed E-state index contributed by atoms with van der Waals surface area (Å²) in [6, 6.07) is 13.8. The molecule has 1 unspecified atom stereocenters. The van der Waals surface area contributed by atoms with Crippen molar-refractivity contribution >= 4 is 49.3 Å². The van der Waals surface area contributed by atoms with E-state index < -0.39 is 11.7 Å². The van der Waals surface area contributed by atoms with Crippen LogP contribution >= 0.6 is 31.9 Å². The Labute approximate surface area is 165 Å². The van der Waals surface area contributed by atoms with Gasteiger partial charge in [0.2, 0.25) is 0 Å². The van der Waals surface area contributed by atoms with Gasteiger partial charge in [-0.05, 0) is 63.6 Å². The van der Waals surface area contributed by atoms with Crippen molar-refractivity contribution in [3.05, 3.63) is 57.0 Å². The topological polar surface area (TPSA) is 50.4 Å². The summed E-state index contributed by atoms with van der Waals surface area (Å²) in [6.07, 6.45) is -0.464. The van der Waals surface area contributed by atoms with Gasteiger partial charge in [0, 0.05) is 26.4 Å². The quantitative estimate of drug-likeness (QED) is 0.521. The lowest BCUT2D eigenvalue weighted by atomic mass is 10.1. The Balaban J connectivity index is 2.07. The van der Waals surface area contributed by atoms with Crippen molar-refractivity contribution in [3.63, 3.8) is 0 Å². The lowest BCUT2D eigenvalue weighted by Gasteiger charge is -2.20. The summed E-state index contributed by atoms with van der Waals surface area (Å²) in [5, 5.41) is 6.20. The van der Waals surface area contributed by atoms with Crippen molar-refractivity contribution < 1.29 is 9.53 Å². The molecule has 134 valence electrons. The monoisotopic (exact) mass is 468 g/mol. The van der Waals surface area contributed by atoms with Crippen LogP contribution in [0.3, 0.4) is 0 Å². The van der Waals surface area contributed by atoms with Gasteiger partial charge in [0.25, 0.3) is 0 Å². The minimum absolute atomic E-state index is 0.0965. The third-order valence-electron chi connectivity index (χ3n) is 3.32. The molecule has 0 heterocycles. The first kappa shape index (κ1) is 19.8. The fourth-order valence-electron chi connectivity index (χ4n) is 2.29. The van der Waals surface area contributed by atoms with E-state index in [1.807, 2.05) is 57.2 Å². The number of ether oxygens (including phenoxy) is 1. The Kier molecular flexibility index (Phi) is 6.52. The zero-order chi connectivity index (χ0) is 18.6. The standard InChI is InChI=1S/C19H22Br2N2O2/c1-12(16-9-8-13(20)10-17(16)21)22-14-6-5-7-15(11-14)23-18(24)25-19(2,3)4/h5-12,22H,1-4H3,(H,23,24). The molecule has 0 saturated heterocycles. The van der Waals surface area contributed by atoms with E-state index in [1.54, 1.807) is 0 Å².